The first-order valence-corrected chi connectivity index (χ1v) is 5.77. The number of anilines is 1. The lowest BCUT2D eigenvalue weighted by molar-refractivity contribution is 0.628. The molecule has 88 valence electrons. The van der Waals surface area contributed by atoms with Gasteiger partial charge in [0.25, 0.3) is 0 Å². The van der Waals surface area contributed by atoms with Crippen LogP contribution >= 0.6 is 11.6 Å². The molecule has 0 atom stereocenters. The molecule has 0 aliphatic carbocycles. The second kappa shape index (κ2) is 5.19. The first-order chi connectivity index (χ1) is 8.15. The van der Waals surface area contributed by atoms with Crippen LogP contribution in [0.4, 0.5) is 10.1 Å². The lowest BCUT2D eigenvalue weighted by Gasteiger charge is -2.09. The first kappa shape index (κ1) is 11.9. The summed E-state index contributed by atoms with van der Waals surface area (Å²) in [4.78, 5) is 0. The number of hydrogen-bond acceptors (Lipinski definition) is 1. The molecule has 2 aromatic carbocycles. The van der Waals surface area contributed by atoms with Crippen molar-refractivity contribution in [3.05, 3.63) is 64.4 Å². The summed E-state index contributed by atoms with van der Waals surface area (Å²) >= 11 is 5.78. The van der Waals surface area contributed by atoms with Gasteiger partial charge in [-0.15, -0.1) is 0 Å². The van der Waals surface area contributed by atoms with E-state index in [9.17, 15) is 4.39 Å². The van der Waals surface area contributed by atoms with Crippen LogP contribution in [0.1, 0.15) is 11.1 Å². The van der Waals surface area contributed by atoms with E-state index in [0.717, 1.165) is 0 Å². The van der Waals surface area contributed by atoms with Crippen molar-refractivity contribution in [1.29, 1.82) is 0 Å². The van der Waals surface area contributed by atoms with Crippen LogP contribution in [0.2, 0.25) is 5.02 Å². The van der Waals surface area contributed by atoms with E-state index in [-0.39, 0.29) is 5.82 Å². The van der Waals surface area contributed by atoms with Gasteiger partial charge in [0.2, 0.25) is 0 Å². The number of hydrogen-bond donors (Lipinski definition) is 1. The molecule has 0 aliphatic heterocycles. The molecular formula is C14H13ClFN. The monoisotopic (exact) mass is 249 g/mol. The Labute approximate surface area is 105 Å². The van der Waals surface area contributed by atoms with Gasteiger partial charge < -0.3 is 5.32 Å². The number of benzene rings is 2. The highest BCUT2D eigenvalue weighted by molar-refractivity contribution is 6.30. The molecule has 0 aromatic heterocycles. The second-order valence-electron chi connectivity index (χ2n) is 3.94. The summed E-state index contributed by atoms with van der Waals surface area (Å²) in [6, 6.07) is 12.5. The lowest BCUT2D eigenvalue weighted by Crippen LogP contribution is -2.01. The van der Waals surface area contributed by atoms with Gasteiger partial charge in [-0.3, -0.25) is 0 Å². The summed E-state index contributed by atoms with van der Waals surface area (Å²) in [5.74, 6) is -0.329. The van der Waals surface area contributed by atoms with Crippen LogP contribution in [0, 0.1) is 12.7 Å². The fourth-order valence-corrected chi connectivity index (χ4v) is 1.88. The molecule has 3 heteroatoms. The Kier molecular flexibility index (Phi) is 3.64. The van der Waals surface area contributed by atoms with Crippen LogP contribution in [0.5, 0.6) is 0 Å². The Morgan fingerprint density at radius 3 is 2.65 bits per heavy atom. The first-order valence-electron chi connectivity index (χ1n) is 5.39. The van der Waals surface area contributed by atoms with E-state index >= 15 is 0 Å². The molecule has 0 amide bonds. The predicted octanol–water partition coefficient (Wildman–Crippen LogP) is 4.40. The van der Waals surface area contributed by atoms with E-state index in [0.29, 0.717) is 17.3 Å². The Bertz CT molecular complexity index is 505. The summed E-state index contributed by atoms with van der Waals surface area (Å²) in [6.45, 7) is 2.71. The molecule has 1 nitrogen and oxygen atoms in total. The van der Waals surface area contributed by atoms with Crippen molar-refractivity contribution in [1.82, 2.24) is 0 Å². The van der Waals surface area contributed by atoms with Gasteiger partial charge >= 0.3 is 0 Å². The van der Waals surface area contributed by atoms with Gasteiger partial charge in [-0.2, -0.15) is 0 Å². The summed E-state index contributed by atoms with van der Waals surface area (Å²) in [7, 11) is 0. The SMILES string of the molecule is Cc1ccccc1CNc1cc(F)cc(Cl)c1. The van der Waals surface area contributed by atoms with Crippen LogP contribution in [-0.4, -0.2) is 0 Å². The van der Waals surface area contributed by atoms with E-state index in [1.54, 1.807) is 6.07 Å². The van der Waals surface area contributed by atoms with E-state index < -0.39 is 0 Å². The number of rotatable bonds is 3. The third kappa shape index (κ3) is 3.21. The van der Waals surface area contributed by atoms with Crippen molar-refractivity contribution in [2.24, 2.45) is 0 Å². The molecular weight excluding hydrogens is 237 g/mol. The largest absolute Gasteiger partial charge is 0.381 e. The van der Waals surface area contributed by atoms with Gasteiger partial charge in [0.05, 0.1) is 0 Å². The second-order valence-corrected chi connectivity index (χ2v) is 4.37. The van der Waals surface area contributed by atoms with E-state index in [2.05, 4.69) is 18.3 Å². The Morgan fingerprint density at radius 1 is 1.18 bits per heavy atom. The van der Waals surface area contributed by atoms with Crippen molar-refractivity contribution >= 4 is 17.3 Å². The molecule has 17 heavy (non-hydrogen) atoms. The summed E-state index contributed by atoms with van der Waals surface area (Å²) < 4.78 is 13.1. The summed E-state index contributed by atoms with van der Waals surface area (Å²) in [5, 5.41) is 3.56. The molecule has 0 spiro atoms. The Balaban J connectivity index is 2.10. The molecule has 0 bridgehead atoms. The molecule has 1 N–H and O–H groups in total. The zero-order chi connectivity index (χ0) is 12.3. The third-order valence-electron chi connectivity index (χ3n) is 2.61. The quantitative estimate of drug-likeness (QED) is 0.850. The van der Waals surface area contributed by atoms with Crippen LogP contribution in [0.15, 0.2) is 42.5 Å². The standard InChI is InChI=1S/C14H13ClFN/c1-10-4-2-3-5-11(10)9-17-14-7-12(15)6-13(16)8-14/h2-8,17H,9H2,1H3. The minimum absolute atomic E-state index is 0.329. The molecule has 0 fully saturated rings. The Hall–Kier alpha value is -1.54. The van der Waals surface area contributed by atoms with Gasteiger partial charge in [-0.1, -0.05) is 35.9 Å². The highest BCUT2D eigenvalue weighted by Gasteiger charge is 2.00. The molecule has 2 aromatic rings. The van der Waals surface area contributed by atoms with E-state index in [1.165, 1.54) is 23.3 Å². The number of nitrogens with one attached hydrogen (secondary N) is 1. The van der Waals surface area contributed by atoms with Crippen molar-refractivity contribution in [2.45, 2.75) is 13.5 Å². The van der Waals surface area contributed by atoms with Gasteiger partial charge in [0.1, 0.15) is 5.82 Å². The highest BCUT2D eigenvalue weighted by atomic mass is 35.5. The maximum Gasteiger partial charge on any atom is 0.126 e. The molecule has 0 heterocycles. The van der Waals surface area contributed by atoms with Crippen LogP contribution in [0.3, 0.4) is 0 Å². The average molecular weight is 250 g/mol. The molecule has 0 radical (unpaired) electrons. The fourth-order valence-electron chi connectivity index (χ4n) is 1.66. The fraction of sp³-hybridized carbons (Fsp3) is 0.143. The molecule has 0 saturated carbocycles. The van der Waals surface area contributed by atoms with Gasteiger partial charge in [0.15, 0.2) is 0 Å². The van der Waals surface area contributed by atoms with E-state index in [1.807, 2.05) is 18.2 Å². The third-order valence-corrected chi connectivity index (χ3v) is 2.82. The molecule has 0 unspecified atom stereocenters. The maximum absolute atomic E-state index is 13.1. The molecule has 0 saturated heterocycles. The summed E-state index contributed by atoms with van der Waals surface area (Å²) in [5.41, 5.74) is 3.09. The van der Waals surface area contributed by atoms with Crippen molar-refractivity contribution in [3.63, 3.8) is 0 Å². The lowest BCUT2D eigenvalue weighted by atomic mass is 10.1. The van der Waals surface area contributed by atoms with E-state index in [4.69, 9.17) is 11.6 Å². The van der Waals surface area contributed by atoms with Gasteiger partial charge in [-0.25, -0.2) is 4.39 Å². The zero-order valence-corrected chi connectivity index (χ0v) is 10.3. The normalized spacial score (nSPS) is 10.3. The smallest absolute Gasteiger partial charge is 0.126 e. The van der Waals surface area contributed by atoms with Gasteiger partial charge in [0, 0.05) is 17.3 Å². The topological polar surface area (TPSA) is 12.0 Å². The van der Waals surface area contributed by atoms with Gasteiger partial charge in [-0.05, 0) is 36.2 Å². The minimum Gasteiger partial charge on any atom is -0.381 e. The van der Waals surface area contributed by atoms with Crippen molar-refractivity contribution < 1.29 is 4.39 Å². The molecule has 0 aliphatic rings. The molecule has 2 rings (SSSR count). The minimum atomic E-state index is -0.329. The zero-order valence-electron chi connectivity index (χ0n) is 9.50. The Morgan fingerprint density at radius 2 is 1.94 bits per heavy atom. The predicted molar refractivity (Wildman–Crippen MR) is 69.9 cm³/mol. The van der Waals surface area contributed by atoms with Crippen molar-refractivity contribution in [2.75, 3.05) is 5.32 Å². The number of halogens is 2. The van der Waals surface area contributed by atoms with Crippen molar-refractivity contribution in [3.8, 4) is 0 Å². The summed E-state index contributed by atoms with van der Waals surface area (Å²) in [6.07, 6.45) is 0. The average Bonchev–Trinajstić information content (AvgIpc) is 2.27. The maximum atomic E-state index is 13.1. The highest BCUT2D eigenvalue weighted by Crippen LogP contribution is 2.19. The van der Waals surface area contributed by atoms with Crippen LogP contribution in [-0.2, 0) is 6.54 Å². The van der Waals surface area contributed by atoms with Crippen LogP contribution < -0.4 is 5.32 Å². The number of aryl methyl sites for hydroxylation is 1. The van der Waals surface area contributed by atoms with Crippen LogP contribution in [0.25, 0.3) is 0 Å².